The van der Waals surface area contributed by atoms with E-state index in [4.69, 9.17) is 9.84 Å². The Morgan fingerprint density at radius 2 is 1.70 bits per heavy atom. The number of hydrogen-bond acceptors (Lipinski definition) is 3. The van der Waals surface area contributed by atoms with Crippen molar-refractivity contribution in [2.75, 3.05) is 0 Å². The van der Waals surface area contributed by atoms with Gasteiger partial charge in [0.15, 0.2) is 6.10 Å². The fourth-order valence-electron chi connectivity index (χ4n) is 2.33. The van der Waals surface area contributed by atoms with Crippen LogP contribution in [0.2, 0.25) is 0 Å². The molecule has 0 radical (unpaired) electrons. The summed E-state index contributed by atoms with van der Waals surface area (Å²) in [5.41, 5.74) is 0.120. The summed E-state index contributed by atoms with van der Waals surface area (Å²) in [6, 6.07) is 11.8. The number of fused-ring (bicyclic) bond motifs is 1. The number of benzene rings is 2. The van der Waals surface area contributed by atoms with Crippen molar-refractivity contribution >= 4 is 22.7 Å². The van der Waals surface area contributed by atoms with Gasteiger partial charge in [0.2, 0.25) is 0 Å². The first kappa shape index (κ1) is 16.9. The Balaban J connectivity index is 2.37. The minimum atomic E-state index is -4.16. The molecule has 0 heterocycles. The predicted molar refractivity (Wildman–Crippen MR) is 80.6 cm³/mol. The normalized spacial score (nSPS) is 13.1. The van der Waals surface area contributed by atoms with E-state index in [0.29, 0.717) is 5.39 Å². The van der Waals surface area contributed by atoms with E-state index in [1.54, 1.807) is 36.4 Å². The van der Waals surface area contributed by atoms with Gasteiger partial charge in [-0.15, -0.1) is 0 Å². The number of carboxylic acids is 1. The number of rotatable bonds is 5. The van der Waals surface area contributed by atoms with E-state index >= 15 is 0 Å². The maximum Gasteiger partial charge on any atom is 0.378 e. The molecule has 0 fully saturated rings. The van der Waals surface area contributed by atoms with E-state index in [0.717, 1.165) is 5.39 Å². The van der Waals surface area contributed by atoms with Gasteiger partial charge >= 0.3 is 17.9 Å². The Labute approximate surface area is 131 Å². The number of carboxylic acid groups (broad SMARTS) is 1. The molecule has 1 N–H and O–H groups in total. The van der Waals surface area contributed by atoms with Crippen LogP contribution in [0.15, 0.2) is 42.5 Å². The molecule has 0 aromatic heterocycles. The van der Waals surface area contributed by atoms with Gasteiger partial charge in [0, 0.05) is 0 Å². The molecular formula is C17H16F2O4. The molecule has 0 saturated heterocycles. The van der Waals surface area contributed by atoms with Crippen molar-refractivity contribution < 1.29 is 28.2 Å². The lowest BCUT2D eigenvalue weighted by molar-refractivity contribution is -0.187. The number of halogens is 2. The number of aliphatic carboxylic acids is 1. The molecule has 2 rings (SSSR count). The van der Waals surface area contributed by atoms with E-state index in [9.17, 15) is 18.4 Å². The first-order valence-corrected chi connectivity index (χ1v) is 7.05. The Hall–Kier alpha value is -2.50. The van der Waals surface area contributed by atoms with Crippen molar-refractivity contribution in [1.29, 1.82) is 0 Å². The summed E-state index contributed by atoms with van der Waals surface area (Å²) >= 11 is 0. The molecule has 0 spiro atoms. The van der Waals surface area contributed by atoms with Gasteiger partial charge in [-0.25, -0.2) is 9.59 Å². The summed E-state index contributed by atoms with van der Waals surface area (Å²) in [6.07, 6.45) is -2.05. The van der Waals surface area contributed by atoms with Gasteiger partial charge in [-0.2, -0.15) is 8.78 Å². The molecule has 2 aromatic carbocycles. The maximum atomic E-state index is 13.8. The lowest BCUT2D eigenvalue weighted by Crippen LogP contribution is -2.47. The van der Waals surface area contributed by atoms with Crippen LogP contribution in [-0.4, -0.2) is 29.1 Å². The van der Waals surface area contributed by atoms with E-state index in [2.05, 4.69) is 0 Å². The molecule has 2 aromatic rings. The predicted octanol–water partition coefficient (Wildman–Crippen LogP) is 3.74. The summed E-state index contributed by atoms with van der Waals surface area (Å²) in [6.45, 7) is 2.75. The summed E-state index contributed by atoms with van der Waals surface area (Å²) in [5.74, 6) is -8.31. The number of esters is 1. The van der Waals surface area contributed by atoms with Crippen LogP contribution in [0.5, 0.6) is 0 Å². The Bertz CT molecular complexity index is 735. The van der Waals surface area contributed by atoms with Crippen LogP contribution in [0.25, 0.3) is 10.8 Å². The first-order valence-electron chi connectivity index (χ1n) is 7.05. The minimum Gasteiger partial charge on any atom is -0.477 e. The fourth-order valence-corrected chi connectivity index (χ4v) is 2.33. The molecule has 1 atom stereocenters. The lowest BCUT2D eigenvalue weighted by Gasteiger charge is -2.26. The van der Waals surface area contributed by atoms with Gasteiger partial charge in [0.05, 0.1) is 5.56 Å². The smallest absolute Gasteiger partial charge is 0.378 e. The highest BCUT2D eigenvalue weighted by Crippen LogP contribution is 2.29. The van der Waals surface area contributed by atoms with Gasteiger partial charge in [-0.05, 0) is 22.8 Å². The second-order valence-electron chi connectivity index (χ2n) is 5.52. The first-order chi connectivity index (χ1) is 10.7. The van der Waals surface area contributed by atoms with Crippen LogP contribution in [0.4, 0.5) is 8.78 Å². The lowest BCUT2D eigenvalue weighted by atomic mass is 10.00. The van der Waals surface area contributed by atoms with E-state index in [1.807, 2.05) is 0 Å². The average Bonchev–Trinajstić information content (AvgIpc) is 2.51. The van der Waals surface area contributed by atoms with Crippen molar-refractivity contribution in [3.63, 3.8) is 0 Å². The highest BCUT2D eigenvalue weighted by Gasteiger charge is 2.51. The highest BCUT2D eigenvalue weighted by atomic mass is 19.3. The third kappa shape index (κ3) is 3.31. The molecule has 0 aliphatic carbocycles. The second-order valence-corrected chi connectivity index (χ2v) is 5.52. The van der Waals surface area contributed by atoms with Crippen molar-refractivity contribution in [2.45, 2.75) is 25.9 Å². The number of carbonyl (C=O) groups excluding carboxylic acids is 1. The van der Waals surface area contributed by atoms with Crippen LogP contribution < -0.4 is 0 Å². The van der Waals surface area contributed by atoms with Crippen molar-refractivity contribution in [3.8, 4) is 0 Å². The molecule has 0 amide bonds. The molecule has 4 nitrogen and oxygen atoms in total. The zero-order valence-electron chi connectivity index (χ0n) is 12.6. The van der Waals surface area contributed by atoms with Crippen LogP contribution in [0, 0.1) is 5.92 Å². The summed E-state index contributed by atoms with van der Waals surface area (Å²) in [7, 11) is 0. The highest BCUT2D eigenvalue weighted by molar-refractivity contribution is 6.04. The monoisotopic (exact) mass is 322 g/mol. The second kappa shape index (κ2) is 6.32. The molecule has 0 aliphatic heterocycles. The van der Waals surface area contributed by atoms with E-state index in [-0.39, 0.29) is 5.56 Å². The summed E-state index contributed by atoms with van der Waals surface area (Å²) < 4.78 is 32.4. The van der Waals surface area contributed by atoms with Crippen LogP contribution in [0.1, 0.15) is 24.2 Å². The van der Waals surface area contributed by atoms with Gasteiger partial charge in [0.25, 0.3) is 0 Å². The molecule has 0 saturated carbocycles. The largest absolute Gasteiger partial charge is 0.477 e. The molecule has 122 valence electrons. The molecule has 0 aliphatic rings. The summed E-state index contributed by atoms with van der Waals surface area (Å²) in [4.78, 5) is 23.1. The number of ether oxygens (including phenoxy) is 1. The molecular weight excluding hydrogens is 306 g/mol. The van der Waals surface area contributed by atoms with Gasteiger partial charge in [-0.1, -0.05) is 50.2 Å². The number of carbonyl (C=O) groups is 2. The van der Waals surface area contributed by atoms with E-state index < -0.39 is 29.9 Å². The van der Waals surface area contributed by atoms with Crippen LogP contribution in [0.3, 0.4) is 0 Å². The Kier molecular flexibility index (Phi) is 4.63. The topological polar surface area (TPSA) is 63.6 Å². The quantitative estimate of drug-likeness (QED) is 0.852. The molecule has 23 heavy (non-hydrogen) atoms. The fraction of sp³-hybridized carbons (Fsp3) is 0.294. The maximum absolute atomic E-state index is 13.8. The third-order valence-electron chi connectivity index (χ3n) is 3.49. The minimum absolute atomic E-state index is 0.120. The average molecular weight is 322 g/mol. The van der Waals surface area contributed by atoms with Crippen molar-refractivity contribution in [2.24, 2.45) is 5.92 Å². The SMILES string of the molecule is CC(C)C(OC(=O)c1cccc2ccccc12)C(F)(F)C(=O)O. The molecule has 0 bridgehead atoms. The zero-order valence-corrected chi connectivity index (χ0v) is 12.6. The van der Waals surface area contributed by atoms with Crippen molar-refractivity contribution in [3.05, 3.63) is 48.0 Å². The molecule has 1 unspecified atom stereocenters. The van der Waals surface area contributed by atoms with Gasteiger partial charge in [-0.3, -0.25) is 0 Å². The number of hydrogen-bond donors (Lipinski definition) is 1. The summed E-state index contributed by atoms with van der Waals surface area (Å²) in [5, 5.41) is 9.99. The van der Waals surface area contributed by atoms with Crippen LogP contribution in [-0.2, 0) is 9.53 Å². The number of alkyl halides is 2. The van der Waals surface area contributed by atoms with Crippen LogP contribution >= 0.6 is 0 Å². The Morgan fingerprint density at radius 1 is 1.09 bits per heavy atom. The standard InChI is InChI=1S/C17H16F2O4/c1-10(2)14(17(18,19)16(21)22)23-15(20)13-9-5-7-11-6-3-4-8-12(11)13/h3-10,14H,1-2H3,(H,21,22). The van der Waals surface area contributed by atoms with Crippen molar-refractivity contribution in [1.82, 2.24) is 0 Å². The Morgan fingerprint density at radius 3 is 2.30 bits per heavy atom. The zero-order chi connectivity index (χ0) is 17.2. The van der Waals surface area contributed by atoms with Gasteiger partial charge in [0.1, 0.15) is 0 Å². The third-order valence-corrected chi connectivity index (χ3v) is 3.49. The molecule has 6 heteroatoms. The van der Waals surface area contributed by atoms with Gasteiger partial charge < -0.3 is 9.84 Å². The van der Waals surface area contributed by atoms with E-state index in [1.165, 1.54) is 19.9 Å².